The van der Waals surface area contributed by atoms with Crippen LogP contribution < -0.4 is 5.32 Å². The molecule has 2 nitrogen and oxygen atoms in total. The highest BCUT2D eigenvalue weighted by atomic mass is 16.2. The van der Waals surface area contributed by atoms with Crippen molar-refractivity contribution in [3.05, 3.63) is 66.2 Å². The Morgan fingerprint density at radius 2 is 1.50 bits per heavy atom. The zero-order valence-electron chi connectivity index (χ0n) is 11.7. The number of amides is 1. The fraction of sp³-hybridized carbons (Fsp3) is 0.167. The first-order chi connectivity index (χ1) is 9.58. The third-order valence-electron chi connectivity index (χ3n) is 2.89. The van der Waals surface area contributed by atoms with E-state index in [9.17, 15) is 4.79 Å². The number of para-hydroxylation sites is 1. The molecule has 0 aliphatic rings. The van der Waals surface area contributed by atoms with Gasteiger partial charge in [0, 0.05) is 11.3 Å². The molecule has 0 aliphatic heterocycles. The van der Waals surface area contributed by atoms with E-state index in [2.05, 4.69) is 17.2 Å². The Labute approximate surface area is 119 Å². The fourth-order valence-corrected chi connectivity index (χ4v) is 1.62. The molecule has 2 rings (SSSR count). The van der Waals surface area contributed by atoms with Crippen LogP contribution in [0.25, 0.3) is 0 Å². The molecule has 2 aromatic rings. The predicted molar refractivity (Wildman–Crippen MR) is 82.2 cm³/mol. The van der Waals surface area contributed by atoms with Gasteiger partial charge in [0.2, 0.25) is 5.91 Å². The van der Waals surface area contributed by atoms with Gasteiger partial charge in [0.15, 0.2) is 0 Å². The molecule has 0 atom stereocenters. The van der Waals surface area contributed by atoms with Crippen LogP contribution in [0.2, 0.25) is 0 Å². The molecule has 0 aliphatic carbocycles. The van der Waals surface area contributed by atoms with E-state index in [4.69, 9.17) is 0 Å². The second-order valence-corrected chi connectivity index (χ2v) is 5.06. The average molecular weight is 263 g/mol. The van der Waals surface area contributed by atoms with Crippen molar-refractivity contribution < 1.29 is 4.79 Å². The minimum Gasteiger partial charge on any atom is -0.325 e. The van der Waals surface area contributed by atoms with Crippen molar-refractivity contribution in [2.45, 2.75) is 13.8 Å². The van der Waals surface area contributed by atoms with Gasteiger partial charge in [-0.1, -0.05) is 48.2 Å². The summed E-state index contributed by atoms with van der Waals surface area (Å²) in [4.78, 5) is 12.2. The third-order valence-corrected chi connectivity index (χ3v) is 2.89. The van der Waals surface area contributed by atoms with Crippen molar-refractivity contribution >= 4 is 11.6 Å². The van der Waals surface area contributed by atoms with Gasteiger partial charge in [-0.15, -0.1) is 0 Å². The lowest BCUT2D eigenvalue weighted by Crippen LogP contribution is -2.29. The van der Waals surface area contributed by atoms with Gasteiger partial charge in [0.25, 0.3) is 0 Å². The van der Waals surface area contributed by atoms with Gasteiger partial charge in [0.05, 0.1) is 0 Å². The number of benzene rings is 2. The molecular formula is C18H17NO. The van der Waals surface area contributed by atoms with Gasteiger partial charge in [-0.3, -0.25) is 4.79 Å². The second-order valence-electron chi connectivity index (χ2n) is 5.06. The van der Waals surface area contributed by atoms with Crippen LogP contribution in [0.5, 0.6) is 0 Å². The minimum atomic E-state index is -0.744. The molecule has 0 saturated carbocycles. The van der Waals surface area contributed by atoms with Gasteiger partial charge >= 0.3 is 0 Å². The molecule has 2 aromatic carbocycles. The summed E-state index contributed by atoms with van der Waals surface area (Å²) in [6.45, 7) is 3.64. The first kappa shape index (κ1) is 13.9. The van der Waals surface area contributed by atoms with E-state index in [0.29, 0.717) is 0 Å². The number of nitrogens with one attached hydrogen (secondary N) is 1. The number of carbonyl (C=O) groups is 1. The van der Waals surface area contributed by atoms with Crippen molar-refractivity contribution in [1.29, 1.82) is 0 Å². The lowest BCUT2D eigenvalue weighted by Gasteiger charge is -2.17. The van der Waals surface area contributed by atoms with Crippen LogP contribution in [-0.2, 0) is 4.79 Å². The van der Waals surface area contributed by atoms with Crippen LogP contribution >= 0.6 is 0 Å². The zero-order valence-corrected chi connectivity index (χ0v) is 11.7. The lowest BCUT2D eigenvalue weighted by atomic mass is 9.92. The van der Waals surface area contributed by atoms with Crippen LogP contribution in [0.3, 0.4) is 0 Å². The number of hydrogen-bond acceptors (Lipinski definition) is 1. The Hall–Kier alpha value is -2.53. The van der Waals surface area contributed by atoms with Crippen LogP contribution in [0, 0.1) is 17.3 Å². The van der Waals surface area contributed by atoms with Gasteiger partial charge < -0.3 is 5.32 Å². The van der Waals surface area contributed by atoms with Crippen LogP contribution in [-0.4, -0.2) is 5.91 Å². The number of anilines is 1. The third kappa shape index (κ3) is 3.73. The molecule has 0 radical (unpaired) electrons. The largest absolute Gasteiger partial charge is 0.325 e. The highest BCUT2D eigenvalue weighted by Crippen LogP contribution is 2.17. The van der Waals surface area contributed by atoms with Crippen LogP contribution in [0.1, 0.15) is 19.4 Å². The normalized spacial score (nSPS) is 10.3. The summed E-state index contributed by atoms with van der Waals surface area (Å²) in [5.74, 6) is 5.97. The van der Waals surface area contributed by atoms with Crippen LogP contribution in [0.4, 0.5) is 5.69 Å². The van der Waals surface area contributed by atoms with E-state index >= 15 is 0 Å². The first-order valence-electron chi connectivity index (χ1n) is 6.53. The van der Waals surface area contributed by atoms with E-state index in [-0.39, 0.29) is 5.91 Å². The van der Waals surface area contributed by atoms with Crippen molar-refractivity contribution in [3.8, 4) is 11.8 Å². The number of rotatable bonds is 2. The zero-order chi connectivity index (χ0) is 14.4. The highest BCUT2D eigenvalue weighted by molar-refractivity contribution is 5.96. The van der Waals surface area contributed by atoms with Crippen LogP contribution in [0.15, 0.2) is 60.7 Å². The van der Waals surface area contributed by atoms with Crippen molar-refractivity contribution in [3.63, 3.8) is 0 Å². The fourth-order valence-electron chi connectivity index (χ4n) is 1.62. The Kier molecular flexibility index (Phi) is 4.22. The standard InChI is InChI=1S/C18H17NO/c1-18(2,14-13-15-9-5-3-6-10-15)17(20)19-16-11-7-4-8-12-16/h3-12H,1-2H3,(H,19,20). The Bertz CT molecular complexity index is 633. The molecule has 0 spiro atoms. The van der Waals surface area contributed by atoms with Gasteiger partial charge in [0.1, 0.15) is 5.41 Å². The van der Waals surface area contributed by atoms with Gasteiger partial charge in [-0.25, -0.2) is 0 Å². The molecule has 100 valence electrons. The Morgan fingerprint density at radius 3 is 2.10 bits per heavy atom. The minimum absolute atomic E-state index is 0.105. The molecule has 0 bridgehead atoms. The summed E-state index contributed by atoms with van der Waals surface area (Å²) in [5, 5.41) is 2.88. The van der Waals surface area contributed by atoms with E-state index in [1.54, 1.807) is 0 Å². The molecule has 20 heavy (non-hydrogen) atoms. The predicted octanol–water partition coefficient (Wildman–Crippen LogP) is 3.70. The van der Waals surface area contributed by atoms with Gasteiger partial charge in [-0.2, -0.15) is 0 Å². The molecule has 0 fully saturated rings. The number of hydrogen-bond donors (Lipinski definition) is 1. The SMILES string of the molecule is CC(C)(C#Cc1ccccc1)C(=O)Nc1ccccc1. The molecule has 0 heterocycles. The van der Waals surface area contributed by atoms with Crippen molar-refractivity contribution in [2.75, 3.05) is 5.32 Å². The highest BCUT2D eigenvalue weighted by Gasteiger charge is 2.25. The molecule has 2 heteroatoms. The molecular weight excluding hydrogens is 246 g/mol. The maximum atomic E-state index is 12.2. The number of carbonyl (C=O) groups excluding carboxylic acids is 1. The monoisotopic (exact) mass is 263 g/mol. The topological polar surface area (TPSA) is 29.1 Å². The summed E-state index contributed by atoms with van der Waals surface area (Å²) in [5.41, 5.74) is 0.950. The summed E-state index contributed by atoms with van der Waals surface area (Å²) in [6, 6.07) is 19.1. The molecule has 0 saturated heterocycles. The van der Waals surface area contributed by atoms with Crippen molar-refractivity contribution in [2.24, 2.45) is 5.41 Å². The summed E-state index contributed by atoms with van der Waals surface area (Å²) >= 11 is 0. The molecule has 0 aromatic heterocycles. The van der Waals surface area contributed by atoms with E-state index < -0.39 is 5.41 Å². The Morgan fingerprint density at radius 1 is 0.950 bits per heavy atom. The Balaban J connectivity index is 2.10. The van der Waals surface area contributed by atoms with E-state index in [1.165, 1.54) is 0 Å². The molecule has 1 amide bonds. The summed E-state index contributed by atoms with van der Waals surface area (Å²) < 4.78 is 0. The first-order valence-corrected chi connectivity index (χ1v) is 6.53. The van der Waals surface area contributed by atoms with Crippen molar-refractivity contribution in [1.82, 2.24) is 0 Å². The maximum Gasteiger partial charge on any atom is 0.242 e. The van der Waals surface area contributed by atoms with E-state index in [0.717, 1.165) is 11.3 Å². The lowest BCUT2D eigenvalue weighted by molar-refractivity contribution is -0.121. The molecule has 1 N–H and O–H groups in total. The second kappa shape index (κ2) is 6.08. The van der Waals surface area contributed by atoms with E-state index in [1.807, 2.05) is 74.5 Å². The molecule has 0 unspecified atom stereocenters. The van der Waals surface area contributed by atoms with Gasteiger partial charge in [-0.05, 0) is 38.1 Å². The summed E-state index contributed by atoms with van der Waals surface area (Å²) in [7, 11) is 0. The maximum absolute atomic E-state index is 12.2. The average Bonchev–Trinajstić information content (AvgIpc) is 2.47. The summed E-state index contributed by atoms with van der Waals surface area (Å²) in [6.07, 6.45) is 0. The smallest absolute Gasteiger partial charge is 0.242 e. The quantitative estimate of drug-likeness (QED) is 0.822.